The van der Waals surface area contributed by atoms with Gasteiger partial charge in [0.05, 0.1) is 22.7 Å². The highest BCUT2D eigenvalue weighted by Crippen LogP contribution is 2.39. The van der Waals surface area contributed by atoms with Crippen LogP contribution in [-0.4, -0.2) is 19.5 Å². The maximum Gasteiger partial charge on any atom is 0.179 e. The van der Waals surface area contributed by atoms with Crippen LogP contribution in [0.2, 0.25) is 5.15 Å². The Morgan fingerprint density at radius 1 is 1.30 bits per heavy atom. The summed E-state index contributed by atoms with van der Waals surface area (Å²) in [5.74, 6) is 0.646. The molecule has 1 aliphatic rings. The van der Waals surface area contributed by atoms with Crippen molar-refractivity contribution in [3.8, 4) is 11.5 Å². The Kier molecular flexibility index (Phi) is 3.37. The topological polar surface area (TPSA) is 43.6 Å². The van der Waals surface area contributed by atoms with Gasteiger partial charge in [-0.05, 0) is 28.8 Å². The summed E-state index contributed by atoms with van der Waals surface area (Å²) in [6.07, 6.45) is 6.05. The zero-order valence-electron chi connectivity index (χ0n) is 11.7. The Bertz CT molecular complexity index is 656. The third-order valence-electron chi connectivity index (χ3n) is 3.36. The summed E-state index contributed by atoms with van der Waals surface area (Å²) >= 11 is 9.76. The lowest BCUT2D eigenvalue weighted by molar-refractivity contribution is 0.563. The SMILES string of the molecule is CC(C)(C)c1nc(-c2cncn2C2CC2)nc(Cl)c1Br. The lowest BCUT2D eigenvalue weighted by Gasteiger charge is -2.20. The molecule has 2 aromatic heterocycles. The van der Waals surface area contributed by atoms with Gasteiger partial charge in [-0.15, -0.1) is 0 Å². The normalized spacial score (nSPS) is 15.7. The van der Waals surface area contributed by atoms with E-state index in [1.165, 1.54) is 12.8 Å². The van der Waals surface area contributed by atoms with Crippen LogP contribution >= 0.6 is 27.5 Å². The highest BCUT2D eigenvalue weighted by molar-refractivity contribution is 9.10. The highest BCUT2D eigenvalue weighted by atomic mass is 79.9. The summed E-state index contributed by atoms with van der Waals surface area (Å²) in [5.41, 5.74) is 1.74. The molecule has 0 aromatic carbocycles. The molecule has 1 aliphatic carbocycles. The van der Waals surface area contributed by atoms with Crippen LogP contribution in [0.15, 0.2) is 17.0 Å². The van der Waals surface area contributed by atoms with Gasteiger partial charge in [-0.25, -0.2) is 15.0 Å². The summed E-state index contributed by atoms with van der Waals surface area (Å²) in [6.45, 7) is 6.33. The van der Waals surface area contributed by atoms with E-state index >= 15 is 0 Å². The van der Waals surface area contributed by atoms with Crippen molar-refractivity contribution in [1.82, 2.24) is 19.5 Å². The average Bonchev–Trinajstić information content (AvgIpc) is 3.09. The van der Waals surface area contributed by atoms with Gasteiger partial charge in [-0.3, -0.25) is 0 Å². The van der Waals surface area contributed by atoms with E-state index in [1.54, 1.807) is 0 Å². The zero-order chi connectivity index (χ0) is 14.5. The third kappa shape index (κ3) is 2.49. The molecular weight excluding hydrogens is 340 g/mol. The number of hydrogen-bond acceptors (Lipinski definition) is 3. The first-order valence-corrected chi connectivity index (χ1v) is 7.80. The van der Waals surface area contributed by atoms with Gasteiger partial charge in [-0.2, -0.15) is 0 Å². The molecule has 2 heterocycles. The Hall–Kier alpha value is -0.940. The Balaban J connectivity index is 2.14. The van der Waals surface area contributed by atoms with Crippen LogP contribution in [-0.2, 0) is 5.41 Å². The molecule has 1 saturated carbocycles. The molecule has 2 aromatic rings. The molecule has 3 rings (SSSR count). The lowest BCUT2D eigenvalue weighted by Crippen LogP contribution is -2.16. The Labute approximate surface area is 131 Å². The van der Waals surface area contributed by atoms with Gasteiger partial charge in [-0.1, -0.05) is 32.4 Å². The molecule has 0 bridgehead atoms. The summed E-state index contributed by atoms with van der Waals surface area (Å²) in [6, 6.07) is 0.539. The molecular formula is C14H16BrClN4. The second-order valence-electron chi connectivity index (χ2n) is 6.17. The van der Waals surface area contributed by atoms with Gasteiger partial charge < -0.3 is 4.57 Å². The monoisotopic (exact) mass is 354 g/mol. The standard InChI is InChI=1S/C14H16BrClN4/c1-14(2,3)11-10(15)12(16)19-13(18-11)9-6-17-7-20(9)8-4-5-8/h6-8H,4-5H2,1-3H3. The van der Waals surface area contributed by atoms with E-state index in [0.29, 0.717) is 17.0 Å². The summed E-state index contributed by atoms with van der Waals surface area (Å²) < 4.78 is 2.92. The lowest BCUT2D eigenvalue weighted by atomic mass is 9.92. The number of imidazole rings is 1. The van der Waals surface area contributed by atoms with Crippen LogP contribution in [0.5, 0.6) is 0 Å². The average molecular weight is 356 g/mol. The predicted octanol–water partition coefficient (Wildman–Crippen LogP) is 4.39. The first-order valence-electron chi connectivity index (χ1n) is 6.63. The minimum atomic E-state index is -0.107. The quantitative estimate of drug-likeness (QED) is 0.750. The van der Waals surface area contributed by atoms with E-state index in [0.717, 1.165) is 15.9 Å². The van der Waals surface area contributed by atoms with E-state index in [9.17, 15) is 0 Å². The van der Waals surface area contributed by atoms with Crippen molar-refractivity contribution in [3.63, 3.8) is 0 Å². The van der Waals surface area contributed by atoms with E-state index < -0.39 is 0 Å². The van der Waals surface area contributed by atoms with Crippen LogP contribution in [0, 0.1) is 0 Å². The molecule has 0 amide bonds. The molecule has 106 valence electrons. The van der Waals surface area contributed by atoms with Crippen molar-refractivity contribution in [1.29, 1.82) is 0 Å². The molecule has 0 spiro atoms. The summed E-state index contributed by atoms with van der Waals surface area (Å²) in [5, 5.41) is 0.448. The fourth-order valence-electron chi connectivity index (χ4n) is 2.15. The molecule has 6 heteroatoms. The number of halogens is 2. The second-order valence-corrected chi connectivity index (χ2v) is 7.32. The van der Waals surface area contributed by atoms with Crippen molar-refractivity contribution in [2.45, 2.75) is 45.1 Å². The maximum atomic E-state index is 6.26. The molecule has 1 fully saturated rings. The summed E-state index contributed by atoms with van der Waals surface area (Å²) in [4.78, 5) is 13.4. The zero-order valence-corrected chi connectivity index (χ0v) is 14.0. The predicted molar refractivity (Wildman–Crippen MR) is 82.9 cm³/mol. The minimum Gasteiger partial charge on any atom is -0.325 e. The van der Waals surface area contributed by atoms with Gasteiger partial charge in [0.2, 0.25) is 0 Å². The fourth-order valence-corrected chi connectivity index (χ4v) is 3.09. The molecule has 0 unspecified atom stereocenters. The van der Waals surface area contributed by atoms with Crippen LogP contribution in [0.1, 0.15) is 45.3 Å². The van der Waals surface area contributed by atoms with Crippen LogP contribution < -0.4 is 0 Å². The Morgan fingerprint density at radius 2 is 2.00 bits per heavy atom. The van der Waals surface area contributed by atoms with Gasteiger partial charge in [0.15, 0.2) is 5.82 Å². The second kappa shape index (κ2) is 4.81. The highest BCUT2D eigenvalue weighted by Gasteiger charge is 2.28. The van der Waals surface area contributed by atoms with Gasteiger partial charge in [0.1, 0.15) is 10.8 Å². The molecule has 4 nitrogen and oxygen atoms in total. The maximum absolute atomic E-state index is 6.26. The van der Waals surface area contributed by atoms with Gasteiger partial charge in [0, 0.05) is 11.5 Å². The number of hydrogen-bond donors (Lipinski definition) is 0. The van der Waals surface area contributed by atoms with Crippen molar-refractivity contribution >= 4 is 27.5 Å². The van der Waals surface area contributed by atoms with Crippen molar-refractivity contribution in [2.75, 3.05) is 0 Å². The van der Waals surface area contributed by atoms with Gasteiger partial charge >= 0.3 is 0 Å². The van der Waals surface area contributed by atoms with Crippen LogP contribution in [0.4, 0.5) is 0 Å². The number of nitrogens with zero attached hydrogens (tertiary/aromatic N) is 4. The van der Waals surface area contributed by atoms with E-state index in [4.69, 9.17) is 16.6 Å². The van der Waals surface area contributed by atoms with Gasteiger partial charge in [0.25, 0.3) is 0 Å². The smallest absolute Gasteiger partial charge is 0.179 e. The Morgan fingerprint density at radius 3 is 2.60 bits per heavy atom. The van der Waals surface area contributed by atoms with E-state index in [-0.39, 0.29) is 5.41 Å². The fraction of sp³-hybridized carbons (Fsp3) is 0.500. The molecule has 20 heavy (non-hydrogen) atoms. The molecule has 0 aliphatic heterocycles. The minimum absolute atomic E-state index is 0.107. The first kappa shape index (κ1) is 14.0. The molecule has 0 N–H and O–H groups in total. The number of aromatic nitrogens is 4. The molecule has 0 atom stereocenters. The van der Waals surface area contributed by atoms with Crippen molar-refractivity contribution in [2.24, 2.45) is 0 Å². The van der Waals surface area contributed by atoms with E-state index in [1.807, 2.05) is 12.5 Å². The largest absolute Gasteiger partial charge is 0.325 e. The first-order chi connectivity index (χ1) is 9.38. The summed E-state index contributed by atoms with van der Waals surface area (Å²) in [7, 11) is 0. The van der Waals surface area contributed by atoms with Crippen molar-refractivity contribution < 1.29 is 0 Å². The number of rotatable bonds is 2. The molecule has 0 saturated heterocycles. The molecule has 0 radical (unpaired) electrons. The van der Waals surface area contributed by atoms with Crippen LogP contribution in [0.25, 0.3) is 11.5 Å². The third-order valence-corrected chi connectivity index (χ3v) is 4.61. The van der Waals surface area contributed by atoms with Crippen LogP contribution in [0.3, 0.4) is 0 Å². The van der Waals surface area contributed by atoms with Crippen molar-refractivity contribution in [3.05, 3.63) is 27.8 Å². The van der Waals surface area contributed by atoms with E-state index in [2.05, 4.69) is 51.2 Å².